The van der Waals surface area contributed by atoms with E-state index < -0.39 is 0 Å². The Bertz CT molecular complexity index is 2250. The van der Waals surface area contributed by atoms with Crippen molar-refractivity contribution >= 4 is 21.5 Å². The number of benzene rings is 6. The standard InChI is InChI=1S/C32H33N2.3C7H7.Hf/c1-20-14-15-33-29(16-20)27-12-13-28(34-27)30-25-18-23(31(2,3)4)10-8-21(25)17-22-9-11-24(19-26(22)30)32(5,6)7;3*1-7-5-3-2-4-6-7;/h8-19H,1-7H3;3*2-6H,1H2;/q4*-1;+4. The molecule has 0 aliphatic carbocycles. The van der Waals surface area contributed by atoms with Gasteiger partial charge in [0, 0.05) is 11.9 Å². The minimum absolute atomic E-state index is 0. The number of hydrogen-bond donors (Lipinski definition) is 0. The minimum atomic E-state index is 0. The molecule has 6 aromatic carbocycles. The van der Waals surface area contributed by atoms with Crippen LogP contribution in [-0.2, 0) is 36.7 Å². The molecule has 2 aromatic heterocycles. The van der Waals surface area contributed by atoms with E-state index in [0.717, 1.165) is 33.8 Å². The molecule has 0 unspecified atom stereocenters. The van der Waals surface area contributed by atoms with Crippen molar-refractivity contribution in [2.24, 2.45) is 0 Å². The van der Waals surface area contributed by atoms with Crippen LogP contribution < -0.4 is 4.98 Å². The first-order valence-electron chi connectivity index (χ1n) is 18.9. The largest absolute Gasteiger partial charge is 4.00 e. The molecule has 0 radical (unpaired) electrons. The zero-order valence-corrected chi connectivity index (χ0v) is 37.7. The van der Waals surface area contributed by atoms with Crippen LogP contribution >= 0.6 is 0 Å². The summed E-state index contributed by atoms with van der Waals surface area (Å²) in [5.74, 6) is 0. The third-order valence-corrected chi connectivity index (χ3v) is 9.29. The molecule has 56 heavy (non-hydrogen) atoms. The fourth-order valence-electron chi connectivity index (χ4n) is 6.07. The zero-order chi connectivity index (χ0) is 39.6. The Hall–Kier alpha value is -5.25. The van der Waals surface area contributed by atoms with Crippen LogP contribution in [-0.4, -0.2) is 4.98 Å². The molecular weight excluding hydrogens is 843 g/mol. The van der Waals surface area contributed by atoms with E-state index in [4.69, 9.17) is 4.98 Å². The van der Waals surface area contributed by atoms with Gasteiger partial charge in [0.15, 0.2) is 0 Å². The summed E-state index contributed by atoms with van der Waals surface area (Å²) in [7, 11) is 0. The van der Waals surface area contributed by atoms with E-state index in [0.29, 0.717) is 0 Å². The number of hydrogen-bond acceptors (Lipinski definition) is 1. The number of rotatable bonds is 2. The van der Waals surface area contributed by atoms with Gasteiger partial charge in [-0.1, -0.05) is 108 Å². The molecule has 0 fully saturated rings. The van der Waals surface area contributed by atoms with Crippen molar-refractivity contribution < 1.29 is 25.8 Å². The predicted octanol–water partition coefficient (Wildman–Crippen LogP) is 14.2. The molecule has 0 amide bonds. The van der Waals surface area contributed by atoms with Gasteiger partial charge in [-0.05, 0) is 79.8 Å². The molecule has 0 atom stereocenters. The molecule has 8 rings (SSSR count). The summed E-state index contributed by atoms with van der Waals surface area (Å²) in [6.07, 6.45) is 1.86. The summed E-state index contributed by atoms with van der Waals surface area (Å²) in [5.41, 5.74) is 11.3. The van der Waals surface area contributed by atoms with E-state index in [9.17, 15) is 0 Å². The van der Waals surface area contributed by atoms with Gasteiger partial charge in [0.05, 0.1) is 0 Å². The van der Waals surface area contributed by atoms with Gasteiger partial charge in [-0.15, -0.1) is 47.8 Å². The average molecular weight is 898 g/mol. The number of nitrogens with zero attached hydrogens (tertiary/aromatic N) is 2. The summed E-state index contributed by atoms with van der Waals surface area (Å²) >= 11 is 0. The van der Waals surface area contributed by atoms with Crippen LogP contribution in [0.25, 0.3) is 44.2 Å². The average Bonchev–Trinajstić information content (AvgIpc) is 3.64. The number of pyridine rings is 1. The van der Waals surface area contributed by atoms with Crippen molar-refractivity contribution in [3.05, 3.63) is 218 Å². The predicted molar refractivity (Wildman–Crippen MR) is 238 cm³/mol. The van der Waals surface area contributed by atoms with E-state index in [2.05, 4.69) is 135 Å². The molecule has 3 heteroatoms. The molecule has 2 nitrogen and oxygen atoms in total. The second kappa shape index (κ2) is 19.6. The number of fused-ring (bicyclic) bond motifs is 2. The van der Waals surface area contributed by atoms with Crippen molar-refractivity contribution in [1.82, 2.24) is 9.97 Å². The van der Waals surface area contributed by atoms with Crippen molar-refractivity contribution in [3.63, 3.8) is 0 Å². The molecule has 2 heterocycles. The first-order valence-corrected chi connectivity index (χ1v) is 18.9. The summed E-state index contributed by atoms with van der Waals surface area (Å²) < 4.78 is 0. The maximum absolute atomic E-state index is 5.11. The van der Waals surface area contributed by atoms with E-state index in [1.54, 1.807) is 0 Å². The molecule has 0 N–H and O–H groups in total. The molecule has 0 saturated carbocycles. The first-order chi connectivity index (χ1) is 26.2. The van der Waals surface area contributed by atoms with Crippen LogP contribution in [0.4, 0.5) is 0 Å². The van der Waals surface area contributed by atoms with Gasteiger partial charge in [0.25, 0.3) is 0 Å². The summed E-state index contributed by atoms with van der Waals surface area (Å²) in [6.45, 7) is 26.9. The van der Waals surface area contributed by atoms with Gasteiger partial charge in [-0.3, -0.25) is 4.98 Å². The number of aryl methyl sites for hydroxylation is 1. The van der Waals surface area contributed by atoms with Crippen LogP contribution in [0.1, 0.15) is 74.9 Å². The van der Waals surface area contributed by atoms with Gasteiger partial charge >= 0.3 is 25.8 Å². The topological polar surface area (TPSA) is 27.0 Å². The number of aromatic nitrogens is 2. The van der Waals surface area contributed by atoms with E-state index >= 15 is 0 Å². The molecular formula is C53H54HfN2. The first kappa shape index (κ1) is 43.5. The van der Waals surface area contributed by atoms with Gasteiger partial charge < -0.3 is 4.98 Å². The Labute approximate surface area is 355 Å². The molecule has 280 valence electrons. The minimum Gasteiger partial charge on any atom is -0.656 e. The van der Waals surface area contributed by atoms with Gasteiger partial charge in [-0.2, -0.15) is 73.9 Å². The van der Waals surface area contributed by atoms with Crippen molar-refractivity contribution in [2.45, 2.75) is 59.3 Å². The summed E-state index contributed by atoms with van der Waals surface area (Å²) in [4.78, 5) is 9.69. The van der Waals surface area contributed by atoms with Crippen LogP contribution in [0, 0.1) is 27.7 Å². The fourth-order valence-corrected chi connectivity index (χ4v) is 6.07. The Morgan fingerprint density at radius 3 is 1.23 bits per heavy atom. The second-order valence-electron chi connectivity index (χ2n) is 16.0. The van der Waals surface area contributed by atoms with Gasteiger partial charge in [-0.25, -0.2) is 0 Å². The molecule has 0 aliphatic heterocycles. The third-order valence-electron chi connectivity index (χ3n) is 9.29. The smallest absolute Gasteiger partial charge is 0.656 e. The second-order valence-corrected chi connectivity index (χ2v) is 16.0. The van der Waals surface area contributed by atoms with Gasteiger partial charge in [0.1, 0.15) is 0 Å². The fraction of sp³-hybridized carbons (Fsp3) is 0.170. The van der Waals surface area contributed by atoms with Crippen molar-refractivity contribution in [3.8, 4) is 22.6 Å². The Morgan fingerprint density at radius 2 is 0.875 bits per heavy atom. The molecule has 0 aliphatic rings. The quantitative estimate of drug-likeness (QED) is 0.0982. The van der Waals surface area contributed by atoms with E-state index in [1.165, 1.54) is 43.8 Å². The Morgan fingerprint density at radius 1 is 0.464 bits per heavy atom. The third kappa shape index (κ3) is 12.1. The molecule has 0 spiro atoms. The summed E-state index contributed by atoms with van der Waals surface area (Å²) in [6, 6.07) is 54.1. The maximum Gasteiger partial charge on any atom is 4.00 e. The van der Waals surface area contributed by atoms with Crippen LogP contribution in [0.3, 0.4) is 0 Å². The molecule has 8 aromatic rings. The van der Waals surface area contributed by atoms with E-state index in [-0.39, 0.29) is 36.7 Å². The zero-order valence-electron chi connectivity index (χ0n) is 34.1. The monoisotopic (exact) mass is 898 g/mol. The van der Waals surface area contributed by atoms with Crippen LogP contribution in [0.2, 0.25) is 0 Å². The molecule has 0 bridgehead atoms. The summed E-state index contributed by atoms with van der Waals surface area (Å²) in [5, 5.41) is 5.01. The van der Waals surface area contributed by atoms with Crippen LogP contribution in [0.15, 0.2) is 164 Å². The van der Waals surface area contributed by atoms with Crippen molar-refractivity contribution in [2.75, 3.05) is 0 Å². The van der Waals surface area contributed by atoms with E-state index in [1.807, 2.05) is 103 Å². The Balaban J connectivity index is 0.000000254. The Kier molecular flexibility index (Phi) is 15.2. The molecule has 0 saturated heterocycles. The van der Waals surface area contributed by atoms with Crippen molar-refractivity contribution in [1.29, 1.82) is 0 Å². The maximum atomic E-state index is 5.11. The SMILES string of the molecule is Cc1ccnc(-c2ccc(-c3c4cc(C(C)(C)C)ccc4cc4ccc(C(C)(C)C)cc34)[n-]2)c1.[CH2-]c1ccccc1.[CH2-]c1ccccc1.[CH2-]c1ccccc1.[Hf+4]. The normalized spacial score (nSPS) is 10.8. The van der Waals surface area contributed by atoms with Gasteiger partial charge in [0.2, 0.25) is 0 Å². The van der Waals surface area contributed by atoms with Crippen LogP contribution in [0.5, 0.6) is 0 Å².